The summed E-state index contributed by atoms with van der Waals surface area (Å²) in [7, 11) is 0. The second-order valence-corrected chi connectivity index (χ2v) is 5.71. The van der Waals surface area contributed by atoms with E-state index >= 15 is 0 Å². The topological polar surface area (TPSA) is 68.0 Å². The number of rotatable bonds is 5. The summed E-state index contributed by atoms with van der Waals surface area (Å²) in [6.07, 6.45) is 6.47. The van der Waals surface area contributed by atoms with Crippen molar-refractivity contribution in [1.82, 2.24) is 14.8 Å². The van der Waals surface area contributed by atoms with Crippen molar-refractivity contribution in [2.75, 3.05) is 0 Å². The van der Waals surface area contributed by atoms with Gasteiger partial charge in [-0.25, -0.2) is 0 Å². The van der Waals surface area contributed by atoms with Gasteiger partial charge in [0.1, 0.15) is 12.2 Å². The maximum atomic E-state index is 10.9. The van der Waals surface area contributed by atoms with Gasteiger partial charge in [0, 0.05) is 12.5 Å². The molecule has 19 heavy (non-hydrogen) atoms. The van der Waals surface area contributed by atoms with Crippen LogP contribution < -0.4 is 0 Å². The molecule has 0 aliphatic heterocycles. The van der Waals surface area contributed by atoms with Gasteiger partial charge >= 0.3 is 5.97 Å². The Labute approximate surface area is 114 Å². The molecule has 0 aromatic carbocycles. The zero-order chi connectivity index (χ0) is 13.8. The van der Waals surface area contributed by atoms with E-state index in [2.05, 4.69) is 28.6 Å². The molecule has 0 radical (unpaired) electrons. The van der Waals surface area contributed by atoms with Gasteiger partial charge in [0.15, 0.2) is 0 Å². The van der Waals surface area contributed by atoms with Gasteiger partial charge in [-0.3, -0.25) is 4.79 Å². The van der Waals surface area contributed by atoms with Gasteiger partial charge in [-0.2, -0.15) is 0 Å². The predicted molar refractivity (Wildman–Crippen MR) is 71.8 cm³/mol. The lowest BCUT2D eigenvalue weighted by Gasteiger charge is -2.26. The largest absolute Gasteiger partial charge is 0.481 e. The zero-order valence-corrected chi connectivity index (χ0v) is 11.7. The second-order valence-electron chi connectivity index (χ2n) is 5.71. The Bertz CT molecular complexity index is 422. The van der Waals surface area contributed by atoms with Crippen LogP contribution in [-0.2, 0) is 11.3 Å². The van der Waals surface area contributed by atoms with E-state index in [4.69, 9.17) is 5.11 Å². The third-order valence-electron chi connectivity index (χ3n) is 4.35. The first kappa shape index (κ1) is 14.0. The molecule has 1 saturated carbocycles. The zero-order valence-electron chi connectivity index (χ0n) is 11.7. The fourth-order valence-electron chi connectivity index (χ4n) is 2.84. The molecule has 0 saturated heterocycles. The van der Waals surface area contributed by atoms with Crippen molar-refractivity contribution in [2.24, 2.45) is 11.8 Å². The van der Waals surface area contributed by atoms with Gasteiger partial charge in [-0.05, 0) is 38.0 Å². The summed E-state index contributed by atoms with van der Waals surface area (Å²) >= 11 is 0. The number of nitrogens with zero attached hydrogens (tertiary/aromatic N) is 3. The van der Waals surface area contributed by atoms with Gasteiger partial charge in [-0.1, -0.05) is 13.8 Å². The Hall–Kier alpha value is -1.39. The molecular weight excluding hydrogens is 242 g/mol. The standard InChI is InChI=1S/C14H23N3O2/c1-3-10(2)13-16-15-9-17(13)8-11-4-6-12(7-5-11)14(18)19/h9-12H,3-8H2,1-2H3,(H,18,19). The van der Waals surface area contributed by atoms with E-state index < -0.39 is 5.97 Å². The van der Waals surface area contributed by atoms with Crippen LogP contribution >= 0.6 is 0 Å². The molecule has 1 atom stereocenters. The van der Waals surface area contributed by atoms with Crippen LogP contribution in [0.25, 0.3) is 0 Å². The molecule has 0 spiro atoms. The van der Waals surface area contributed by atoms with Crippen LogP contribution in [0.2, 0.25) is 0 Å². The normalized spacial score (nSPS) is 25.2. The van der Waals surface area contributed by atoms with E-state index in [-0.39, 0.29) is 5.92 Å². The van der Waals surface area contributed by atoms with Crippen molar-refractivity contribution in [1.29, 1.82) is 0 Å². The van der Waals surface area contributed by atoms with Gasteiger partial charge < -0.3 is 9.67 Å². The van der Waals surface area contributed by atoms with E-state index in [1.54, 1.807) is 0 Å². The van der Waals surface area contributed by atoms with Gasteiger partial charge in [0.25, 0.3) is 0 Å². The van der Waals surface area contributed by atoms with Crippen molar-refractivity contribution in [2.45, 2.75) is 58.4 Å². The molecule has 1 unspecified atom stereocenters. The molecule has 1 heterocycles. The van der Waals surface area contributed by atoms with E-state index in [9.17, 15) is 4.79 Å². The molecule has 1 aromatic heterocycles. The number of aromatic nitrogens is 3. The molecule has 1 aliphatic carbocycles. The molecule has 1 aliphatic rings. The SMILES string of the molecule is CCC(C)c1nncn1CC1CCC(C(=O)O)CC1. The highest BCUT2D eigenvalue weighted by Gasteiger charge is 2.26. The smallest absolute Gasteiger partial charge is 0.306 e. The summed E-state index contributed by atoms with van der Waals surface area (Å²) in [5.74, 6) is 1.28. The van der Waals surface area contributed by atoms with Gasteiger partial charge in [0.2, 0.25) is 0 Å². The Balaban J connectivity index is 1.92. The number of hydrogen-bond donors (Lipinski definition) is 1. The predicted octanol–water partition coefficient (Wildman–Crippen LogP) is 2.68. The monoisotopic (exact) mass is 265 g/mol. The van der Waals surface area contributed by atoms with Gasteiger partial charge in [0.05, 0.1) is 5.92 Å². The van der Waals surface area contributed by atoms with Gasteiger partial charge in [-0.15, -0.1) is 10.2 Å². The third-order valence-corrected chi connectivity index (χ3v) is 4.35. The number of carbonyl (C=O) groups is 1. The quantitative estimate of drug-likeness (QED) is 0.888. The first-order valence-electron chi connectivity index (χ1n) is 7.22. The fourth-order valence-corrected chi connectivity index (χ4v) is 2.84. The molecule has 1 fully saturated rings. The number of hydrogen-bond acceptors (Lipinski definition) is 3. The van der Waals surface area contributed by atoms with Crippen LogP contribution in [0, 0.1) is 11.8 Å². The van der Waals surface area contributed by atoms with E-state index in [1.807, 2.05) is 6.33 Å². The highest BCUT2D eigenvalue weighted by atomic mass is 16.4. The summed E-state index contributed by atoms with van der Waals surface area (Å²) in [4.78, 5) is 10.9. The minimum absolute atomic E-state index is 0.133. The molecule has 2 rings (SSSR count). The second kappa shape index (κ2) is 6.17. The molecule has 1 aromatic rings. The summed E-state index contributed by atoms with van der Waals surface area (Å²) in [5, 5.41) is 17.2. The number of carboxylic acid groups (broad SMARTS) is 1. The highest BCUT2D eigenvalue weighted by Crippen LogP contribution is 2.30. The van der Waals surface area contributed by atoms with E-state index in [0.717, 1.165) is 44.5 Å². The minimum Gasteiger partial charge on any atom is -0.481 e. The lowest BCUT2D eigenvalue weighted by atomic mass is 9.82. The lowest BCUT2D eigenvalue weighted by molar-refractivity contribution is -0.143. The summed E-state index contributed by atoms with van der Waals surface area (Å²) < 4.78 is 2.15. The van der Waals surface area contributed by atoms with Crippen LogP contribution in [0.3, 0.4) is 0 Å². The average molecular weight is 265 g/mol. The highest BCUT2D eigenvalue weighted by molar-refractivity contribution is 5.69. The maximum absolute atomic E-state index is 10.9. The van der Waals surface area contributed by atoms with Crippen molar-refractivity contribution in [3.8, 4) is 0 Å². The number of aliphatic carboxylic acids is 1. The first-order chi connectivity index (χ1) is 9.11. The Morgan fingerprint density at radius 1 is 1.47 bits per heavy atom. The first-order valence-corrected chi connectivity index (χ1v) is 7.22. The molecule has 5 nitrogen and oxygen atoms in total. The van der Waals surface area contributed by atoms with E-state index in [0.29, 0.717) is 11.8 Å². The van der Waals surface area contributed by atoms with Crippen LogP contribution in [0.4, 0.5) is 0 Å². The van der Waals surface area contributed by atoms with Crippen LogP contribution in [0.5, 0.6) is 0 Å². The average Bonchev–Trinajstić information content (AvgIpc) is 2.86. The maximum Gasteiger partial charge on any atom is 0.306 e. The van der Waals surface area contributed by atoms with Crippen LogP contribution in [-0.4, -0.2) is 25.8 Å². The molecule has 106 valence electrons. The summed E-state index contributed by atoms with van der Waals surface area (Å²) in [6, 6.07) is 0. The van der Waals surface area contributed by atoms with Crippen molar-refractivity contribution in [3.05, 3.63) is 12.2 Å². The third kappa shape index (κ3) is 3.33. The molecular formula is C14H23N3O2. The fraction of sp³-hybridized carbons (Fsp3) is 0.786. The van der Waals surface area contributed by atoms with Crippen molar-refractivity contribution in [3.63, 3.8) is 0 Å². The molecule has 1 N–H and O–H groups in total. The van der Waals surface area contributed by atoms with E-state index in [1.165, 1.54) is 0 Å². The lowest BCUT2D eigenvalue weighted by Crippen LogP contribution is -2.24. The molecule has 0 amide bonds. The Kier molecular flexibility index (Phi) is 4.56. The Morgan fingerprint density at radius 3 is 2.74 bits per heavy atom. The summed E-state index contributed by atoms with van der Waals surface area (Å²) in [5.41, 5.74) is 0. The van der Waals surface area contributed by atoms with Crippen LogP contribution in [0.15, 0.2) is 6.33 Å². The summed E-state index contributed by atoms with van der Waals surface area (Å²) in [6.45, 7) is 5.25. The minimum atomic E-state index is -0.636. The molecule has 5 heteroatoms. The van der Waals surface area contributed by atoms with Crippen molar-refractivity contribution < 1.29 is 9.90 Å². The number of carboxylic acids is 1. The van der Waals surface area contributed by atoms with Crippen LogP contribution in [0.1, 0.15) is 57.7 Å². The molecule has 0 bridgehead atoms. The van der Waals surface area contributed by atoms with Crippen molar-refractivity contribution >= 4 is 5.97 Å². The Morgan fingerprint density at radius 2 is 2.16 bits per heavy atom.